The highest BCUT2D eigenvalue weighted by Gasteiger charge is 2.33. The van der Waals surface area contributed by atoms with Crippen LogP contribution in [-0.2, 0) is 11.3 Å². The Hall–Kier alpha value is -3.40. The monoisotopic (exact) mass is 630 g/mol. The number of alkyl halides is 3. The van der Waals surface area contributed by atoms with Crippen molar-refractivity contribution in [3.05, 3.63) is 46.5 Å². The lowest BCUT2D eigenvalue weighted by molar-refractivity contribution is -0.274. The Balaban J connectivity index is 0.00000506. The van der Waals surface area contributed by atoms with Gasteiger partial charge in [-0.2, -0.15) is 4.98 Å². The highest BCUT2D eigenvalue weighted by atomic mass is 35.5. The molecule has 1 aliphatic heterocycles. The first kappa shape index (κ1) is 34.1. The van der Waals surface area contributed by atoms with Gasteiger partial charge in [0.2, 0.25) is 5.91 Å². The van der Waals surface area contributed by atoms with Gasteiger partial charge in [0.1, 0.15) is 11.6 Å². The number of benzene rings is 1. The van der Waals surface area contributed by atoms with Gasteiger partial charge in [-0.05, 0) is 51.7 Å². The maximum absolute atomic E-state index is 13.2. The van der Waals surface area contributed by atoms with Gasteiger partial charge in [-0.15, -0.1) is 25.6 Å². The maximum Gasteiger partial charge on any atom is 0.573 e. The van der Waals surface area contributed by atoms with Gasteiger partial charge in [0, 0.05) is 62.6 Å². The van der Waals surface area contributed by atoms with E-state index in [1.165, 1.54) is 29.3 Å². The normalized spacial score (nSPS) is 19.4. The summed E-state index contributed by atoms with van der Waals surface area (Å²) in [6.07, 6.45) is -0.260. The fourth-order valence-electron chi connectivity index (χ4n) is 5.01. The number of hydrogen-bond donors (Lipinski definition) is 4. The van der Waals surface area contributed by atoms with Crippen molar-refractivity contribution in [2.45, 2.75) is 70.1 Å². The van der Waals surface area contributed by atoms with Crippen molar-refractivity contribution in [1.29, 1.82) is 0 Å². The van der Waals surface area contributed by atoms with Gasteiger partial charge < -0.3 is 31.3 Å². The highest BCUT2D eigenvalue weighted by molar-refractivity contribution is 5.89. The lowest BCUT2D eigenvalue weighted by atomic mass is 9.92. The summed E-state index contributed by atoms with van der Waals surface area (Å²) in [6.45, 7) is 4.54. The van der Waals surface area contributed by atoms with Gasteiger partial charge >= 0.3 is 18.1 Å². The lowest BCUT2D eigenvalue weighted by Crippen LogP contribution is -2.58. The van der Waals surface area contributed by atoms with Crippen molar-refractivity contribution < 1.29 is 27.5 Å². The number of carbonyl (C=O) groups is 2. The average Bonchev–Trinajstić information content (AvgIpc) is 2.91. The zero-order valence-corrected chi connectivity index (χ0v) is 24.8. The van der Waals surface area contributed by atoms with Crippen LogP contribution in [0.4, 0.5) is 23.8 Å². The van der Waals surface area contributed by atoms with Crippen LogP contribution in [0.2, 0.25) is 0 Å². The van der Waals surface area contributed by atoms with E-state index < -0.39 is 29.4 Å². The molecular formula is C27H38ClF3N8O4. The number of nitrogens with zero attached hydrogens (tertiary/aromatic N) is 4. The van der Waals surface area contributed by atoms with E-state index in [1.807, 2.05) is 0 Å². The Morgan fingerprint density at radius 3 is 2.26 bits per heavy atom. The fraction of sp³-hybridized carbons (Fsp3) is 0.556. The van der Waals surface area contributed by atoms with Crippen LogP contribution >= 0.6 is 12.4 Å². The Bertz CT molecular complexity index is 1330. The minimum atomic E-state index is -4.93. The molecule has 2 aliphatic rings. The van der Waals surface area contributed by atoms with Crippen LogP contribution in [0.15, 0.2) is 35.3 Å². The second kappa shape index (κ2) is 13.9. The van der Waals surface area contributed by atoms with Crippen molar-refractivity contribution in [1.82, 2.24) is 24.7 Å². The number of hydrogen-bond acceptors (Lipinski definition) is 8. The third-order valence-corrected chi connectivity index (χ3v) is 7.35. The molecule has 0 bridgehead atoms. The number of aromatic nitrogens is 2. The molecular weight excluding hydrogens is 593 g/mol. The van der Waals surface area contributed by atoms with E-state index >= 15 is 0 Å². The van der Waals surface area contributed by atoms with Crippen LogP contribution < -0.4 is 32.5 Å². The zero-order chi connectivity index (χ0) is 30.7. The van der Waals surface area contributed by atoms with Crippen LogP contribution in [0, 0.1) is 0 Å². The van der Waals surface area contributed by atoms with Crippen molar-refractivity contribution in [3.8, 4) is 11.4 Å². The van der Waals surface area contributed by atoms with Gasteiger partial charge in [-0.3, -0.25) is 14.7 Å². The zero-order valence-electron chi connectivity index (χ0n) is 24.0. The number of nitrogens with two attached hydrogens (primary N) is 2. The Morgan fingerprint density at radius 2 is 1.67 bits per heavy atom. The van der Waals surface area contributed by atoms with Gasteiger partial charge in [0.25, 0.3) is 0 Å². The van der Waals surface area contributed by atoms with Gasteiger partial charge in [0.15, 0.2) is 0 Å². The van der Waals surface area contributed by atoms with E-state index in [1.54, 1.807) is 18.7 Å². The summed E-state index contributed by atoms with van der Waals surface area (Å²) in [5, 5.41) is 5.82. The lowest BCUT2D eigenvalue weighted by Gasteiger charge is -2.37. The van der Waals surface area contributed by atoms with E-state index in [0.29, 0.717) is 13.1 Å². The van der Waals surface area contributed by atoms with Gasteiger partial charge in [-0.25, -0.2) is 9.59 Å². The number of nitrogens with one attached hydrogen (secondary N) is 2. The molecule has 2 aromatic rings. The Kier molecular flexibility index (Phi) is 11.0. The first-order valence-electron chi connectivity index (χ1n) is 13.8. The summed E-state index contributed by atoms with van der Waals surface area (Å²) >= 11 is 0. The first-order chi connectivity index (χ1) is 19.7. The number of piperazine rings is 1. The van der Waals surface area contributed by atoms with Crippen LogP contribution in [-0.4, -0.2) is 81.5 Å². The van der Waals surface area contributed by atoms with Crippen molar-refractivity contribution >= 4 is 30.2 Å². The van der Waals surface area contributed by atoms with E-state index in [2.05, 4.69) is 20.4 Å². The molecule has 238 valence electrons. The molecule has 2 heterocycles. The molecule has 43 heavy (non-hydrogen) atoms. The maximum atomic E-state index is 13.2. The van der Waals surface area contributed by atoms with E-state index in [9.17, 15) is 27.6 Å². The molecule has 0 spiro atoms. The number of ether oxygens (including phenoxy) is 1. The molecule has 1 saturated heterocycles. The predicted octanol–water partition coefficient (Wildman–Crippen LogP) is 2.33. The number of carbonyl (C=O) groups excluding carboxylic acids is 2. The summed E-state index contributed by atoms with van der Waals surface area (Å²) in [6, 6.07) is 5.25. The van der Waals surface area contributed by atoms with Crippen LogP contribution in [0.5, 0.6) is 5.75 Å². The molecule has 12 nitrogen and oxygen atoms in total. The summed E-state index contributed by atoms with van der Waals surface area (Å²) in [4.78, 5) is 44.8. The van der Waals surface area contributed by atoms with E-state index in [0.717, 1.165) is 36.3 Å². The molecule has 0 radical (unpaired) electrons. The second-order valence-electron chi connectivity index (χ2n) is 11.2. The average molecular weight is 631 g/mol. The molecule has 1 saturated carbocycles. The van der Waals surface area contributed by atoms with Crippen molar-refractivity contribution in [2.75, 3.05) is 31.5 Å². The molecule has 0 unspecified atom stereocenters. The third-order valence-electron chi connectivity index (χ3n) is 7.35. The number of anilines is 1. The predicted molar refractivity (Wildman–Crippen MR) is 156 cm³/mol. The summed E-state index contributed by atoms with van der Waals surface area (Å²) in [5.74, 6) is -0.669. The SMILES string of the molecule is CC(C)(N)C(=O)N1CCN(C(=O)Nc2ccn(-c3ccc(CNC4CCC(N)CC4)c(OC(F)(F)F)c3)c(=O)n2)CC1.Cl. The Labute approximate surface area is 253 Å². The molecule has 0 atom stereocenters. The molecule has 1 aromatic heterocycles. The molecule has 6 N–H and O–H groups in total. The van der Waals surface area contributed by atoms with Crippen LogP contribution in [0.3, 0.4) is 0 Å². The van der Waals surface area contributed by atoms with Gasteiger partial charge in [0.05, 0.1) is 11.2 Å². The van der Waals surface area contributed by atoms with Crippen LogP contribution in [0.1, 0.15) is 45.1 Å². The standard InChI is InChI=1S/C27H37F3N8O4.ClH/c1-26(2,32)23(39)36-11-13-37(14-12-36)24(40)34-22-9-10-38(25(41)35-22)20-8-3-17(21(15-20)42-27(28,29)30)16-33-19-6-4-18(31)5-7-19;/h3,8-10,15,18-19,33H,4-7,11-14,16,31-32H2,1-2H3,(H,34,35,40,41);1H. The Morgan fingerprint density at radius 1 is 1.05 bits per heavy atom. The fourth-order valence-corrected chi connectivity index (χ4v) is 5.01. The van der Waals surface area contributed by atoms with E-state index in [-0.39, 0.29) is 67.1 Å². The highest BCUT2D eigenvalue weighted by Crippen LogP contribution is 2.29. The molecule has 2 fully saturated rings. The third kappa shape index (κ3) is 9.29. The summed E-state index contributed by atoms with van der Waals surface area (Å²) in [5.41, 5.74) is 10.4. The summed E-state index contributed by atoms with van der Waals surface area (Å²) in [7, 11) is 0. The van der Waals surface area contributed by atoms with Crippen molar-refractivity contribution in [3.63, 3.8) is 0 Å². The number of rotatable bonds is 7. The van der Waals surface area contributed by atoms with Crippen LogP contribution in [0.25, 0.3) is 5.69 Å². The molecule has 4 rings (SSSR count). The number of urea groups is 1. The molecule has 1 aliphatic carbocycles. The van der Waals surface area contributed by atoms with E-state index in [4.69, 9.17) is 11.5 Å². The number of halogens is 4. The number of amides is 3. The second-order valence-corrected chi connectivity index (χ2v) is 11.2. The molecule has 1 aromatic carbocycles. The molecule has 16 heteroatoms. The van der Waals surface area contributed by atoms with Crippen molar-refractivity contribution in [2.24, 2.45) is 11.5 Å². The summed E-state index contributed by atoms with van der Waals surface area (Å²) < 4.78 is 45.0. The molecule has 3 amide bonds. The minimum Gasteiger partial charge on any atom is -0.405 e. The first-order valence-corrected chi connectivity index (χ1v) is 13.8. The largest absolute Gasteiger partial charge is 0.573 e. The minimum absolute atomic E-state index is 0. The smallest absolute Gasteiger partial charge is 0.405 e. The quantitative estimate of drug-likeness (QED) is 0.363. The van der Waals surface area contributed by atoms with Gasteiger partial charge in [-0.1, -0.05) is 6.07 Å². The topological polar surface area (TPSA) is 161 Å².